The molecule has 3 aromatic rings. The predicted molar refractivity (Wildman–Crippen MR) is 178 cm³/mol. The summed E-state index contributed by atoms with van der Waals surface area (Å²) in [6.07, 6.45) is 6.67. The Bertz CT molecular complexity index is 1450. The highest BCUT2D eigenvalue weighted by Crippen LogP contribution is 2.29. The van der Waals surface area contributed by atoms with Gasteiger partial charge in [-0.25, -0.2) is 15.0 Å². The van der Waals surface area contributed by atoms with Gasteiger partial charge in [0.1, 0.15) is 16.7 Å². The minimum atomic E-state index is -0.0335. The lowest BCUT2D eigenvalue weighted by Gasteiger charge is -2.37. The molecule has 4 rings (SSSR count). The van der Waals surface area contributed by atoms with Crippen molar-refractivity contribution >= 4 is 29.0 Å². The number of hydrogen-bond donors (Lipinski definition) is 2. The second-order valence-corrected chi connectivity index (χ2v) is 11.1. The smallest absolute Gasteiger partial charge is 0.251 e. The van der Waals surface area contributed by atoms with Crippen molar-refractivity contribution in [3.63, 3.8) is 0 Å². The zero-order valence-corrected chi connectivity index (χ0v) is 27.1. The summed E-state index contributed by atoms with van der Waals surface area (Å²) in [5.74, 6) is 1.69. The summed E-state index contributed by atoms with van der Waals surface area (Å²) in [6, 6.07) is 12.2. The quantitative estimate of drug-likeness (QED) is 0.369. The van der Waals surface area contributed by atoms with Crippen molar-refractivity contribution in [2.75, 3.05) is 54.6 Å². The number of pyridine rings is 1. The lowest BCUT2D eigenvalue weighted by molar-refractivity contribution is 0.630. The van der Waals surface area contributed by atoms with Crippen molar-refractivity contribution in [2.24, 2.45) is 12.8 Å². The Kier molecular flexibility index (Phi) is 12.2. The van der Waals surface area contributed by atoms with Crippen LogP contribution in [0.5, 0.6) is 0 Å². The molecular formula is C32H46N8OS. The third kappa shape index (κ3) is 8.23. The summed E-state index contributed by atoms with van der Waals surface area (Å²) in [5, 5.41) is 4.71. The molecule has 0 bridgehead atoms. The third-order valence-electron chi connectivity index (χ3n) is 7.37. The molecule has 0 radical (unpaired) electrons. The van der Waals surface area contributed by atoms with Crippen LogP contribution in [0, 0.1) is 20.8 Å². The summed E-state index contributed by atoms with van der Waals surface area (Å²) < 4.78 is 1.78. The first-order chi connectivity index (χ1) is 20.2. The molecule has 0 aliphatic carbocycles. The molecule has 1 fully saturated rings. The summed E-state index contributed by atoms with van der Waals surface area (Å²) in [6.45, 7) is 13.6. The van der Waals surface area contributed by atoms with E-state index in [9.17, 15) is 4.79 Å². The molecular weight excluding hydrogens is 544 g/mol. The molecule has 4 heterocycles. The van der Waals surface area contributed by atoms with E-state index >= 15 is 0 Å². The number of anilines is 3. The van der Waals surface area contributed by atoms with Crippen LogP contribution in [-0.2, 0) is 13.5 Å². The van der Waals surface area contributed by atoms with E-state index in [2.05, 4.69) is 69.1 Å². The van der Waals surface area contributed by atoms with E-state index < -0.39 is 0 Å². The van der Waals surface area contributed by atoms with E-state index in [-0.39, 0.29) is 11.6 Å². The SMILES string of the molecule is CCc1cc(N2CCN(c3cnc(C)nc3)CC2)n(C)c(=O)ccc(C)cc1[C@@H](C)Nc1ccc(C)nc1SC.CN. The zero-order chi connectivity index (χ0) is 30.8. The molecule has 9 nitrogen and oxygen atoms in total. The van der Waals surface area contributed by atoms with Gasteiger partial charge in [-0.05, 0) is 76.7 Å². The lowest BCUT2D eigenvalue weighted by atomic mass is 9.99. The topological polar surface area (TPSA) is 105 Å². The fourth-order valence-corrected chi connectivity index (χ4v) is 5.60. The largest absolute Gasteiger partial charge is 0.376 e. The molecule has 0 unspecified atom stereocenters. The molecule has 226 valence electrons. The van der Waals surface area contributed by atoms with Crippen LogP contribution in [0.1, 0.15) is 48.1 Å². The van der Waals surface area contributed by atoms with Crippen molar-refractivity contribution in [3.05, 3.63) is 87.4 Å². The third-order valence-corrected chi connectivity index (χ3v) is 8.07. The van der Waals surface area contributed by atoms with E-state index in [0.29, 0.717) is 0 Å². The van der Waals surface area contributed by atoms with Gasteiger partial charge in [-0.1, -0.05) is 24.6 Å². The first kappa shape index (κ1) is 32.9. The maximum absolute atomic E-state index is 13.2. The Balaban J connectivity index is 0.00000237. The Labute approximate surface area is 254 Å². The molecule has 0 saturated carbocycles. The van der Waals surface area contributed by atoms with E-state index in [1.807, 2.05) is 52.3 Å². The number of rotatable bonds is 7. The van der Waals surface area contributed by atoms with E-state index in [1.165, 1.54) is 18.2 Å². The van der Waals surface area contributed by atoms with Crippen LogP contribution in [-0.4, -0.2) is 59.0 Å². The highest BCUT2D eigenvalue weighted by molar-refractivity contribution is 7.98. The van der Waals surface area contributed by atoms with Gasteiger partial charge in [-0.15, -0.1) is 11.8 Å². The number of nitrogens with two attached hydrogens (primary N) is 1. The number of hydrogen-bond acceptors (Lipinski definition) is 9. The van der Waals surface area contributed by atoms with Gasteiger partial charge in [-0.2, -0.15) is 0 Å². The fraction of sp³-hybridized carbons (Fsp3) is 0.438. The molecule has 3 N–H and O–H groups in total. The van der Waals surface area contributed by atoms with Crippen molar-refractivity contribution in [3.8, 4) is 0 Å². The number of aromatic nitrogens is 4. The van der Waals surface area contributed by atoms with Gasteiger partial charge in [0.05, 0.1) is 23.8 Å². The maximum Gasteiger partial charge on any atom is 0.251 e. The predicted octanol–water partition coefficient (Wildman–Crippen LogP) is 4.98. The summed E-state index contributed by atoms with van der Waals surface area (Å²) in [5.41, 5.74) is 11.0. The molecule has 1 aliphatic rings. The highest BCUT2D eigenvalue weighted by atomic mass is 32.2. The number of piperazine rings is 1. The van der Waals surface area contributed by atoms with Gasteiger partial charge < -0.3 is 20.9 Å². The van der Waals surface area contributed by atoms with Gasteiger partial charge in [-0.3, -0.25) is 9.36 Å². The van der Waals surface area contributed by atoms with Gasteiger partial charge in [0, 0.05) is 51.0 Å². The average molecular weight is 591 g/mol. The van der Waals surface area contributed by atoms with Gasteiger partial charge >= 0.3 is 0 Å². The summed E-state index contributed by atoms with van der Waals surface area (Å²) in [4.78, 5) is 31.2. The molecule has 0 aromatic carbocycles. The second kappa shape index (κ2) is 15.6. The zero-order valence-electron chi connectivity index (χ0n) is 26.3. The van der Waals surface area contributed by atoms with Crippen molar-refractivity contribution in [2.45, 2.75) is 52.1 Å². The number of aryl methyl sites for hydroxylation is 4. The Morgan fingerprint density at radius 2 is 1.62 bits per heavy atom. The van der Waals surface area contributed by atoms with Gasteiger partial charge in [0.2, 0.25) is 0 Å². The van der Waals surface area contributed by atoms with E-state index in [4.69, 9.17) is 4.98 Å². The molecule has 3 aromatic heterocycles. The molecule has 0 amide bonds. The minimum Gasteiger partial charge on any atom is -0.376 e. The Morgan fingerprint density at radius 3 is 2.24 bits per heavy atom. The average Bonchev–Trinajstić information content (AvgIpc) is 3.01. The van der Waals surface area contributed by atoms with Crippen LogP contribution >= 0.6 is 11.8 Å². The summed E-state index contributed by atoms with van der Waals surface area (Å²) >= 11 is 1.65. The molecule has 42 heavy (non-hydrogen) atoms. The van der Waals surface area contributed by atoms with Crippen molar-refractivity contribution < 1.29 is 0 Å². The first-order valence-corrected chi connectivity index (χ1v) is 15.7. The summed E-state index contributed by atoms with van der Waals surface area (Å²) in [7, 11) is 3.37. The van der Waals surface area contributed by atoms with E-state index in [1.54, 1.807) is 22.4 Å². The van der Waals surface area contributed by atoms with Crippen LogP contribution in [0.25, 0.3) is 0 Å². The molecule has 1 saturated heterocycles. The molecule has 0 spiro atoms. The lowest BCUT2D eigenvalue weighted by Crippen LogP contribution is -2.47. The van der Waals surface area contributed by atoms with E-state index in [0.717, 1.165) is 71.9 Å². The molecule has 1 aliphatic heterocycles. The van der Waals surface area contributed by atoms with Gasteiger partial charge in [0.15, 0.2) is 0 Å². The standard InChI is InChI=1S/C31H41N7OS.CH5N/c1-8-25-18-29(38-15-13-37(14-16-38)26-19-32-24(5)33-20-26)36(6)30(39)12-9-21(2)17-27(25)23(4)35-28-11-10-22(3)34-31(28)40-7;1-2/h9-12,17-20,23,35H,8,13-16H2,1-7H3;2H2,1H3/t23-;/m1./s1. The number of nitrogens with one attached hydrogen (secondary N) is 1. The Morgan fingerprint density at radius 1 is 0.976 bits per heavy atom. The van der Waals surface area contributed by atoms with Crippen molar-refractivity contribution in [1.29, 1.82) is 0 Å². The van der Waals surface area contributed by atoms with Crippen LogP contribution in [0.3, 0.4) is 0 Å². The monoisotopic (exact) mass is 590 g/mol. The number of thioether (sulfide) groups is 1. The van der Waals surface area contributed by atoms with Gasteiger partial charge in [0.25, 0.3) is 5.56 Å². The van der Waals surface area contributed by atoms with Crippen LogP contribution in [0.15, 0.2) is 58.6 Å². The molecule has 1 atom stereocenters. The van der Waals surface area contributed by atoms with Crippen LogP contribution in [0.2, 0.25) is 0 Å². The maximum atomic E-state index is 13.2. The molecule has 10 heteroatoms. The fourth-order valence-electron chi connectivity index (χ4n) is 5.01. The Hall–Kier alpha value is -3.63. The van der Waals surface area contributed by atoms with Crippen molar-refractivity contribution in [1.82, 2.24) is 19.5 Å². The second-order valence-electron chi connectivity index (χ2n) is 10.3. The normalized spacial score (nSPS) is 13.5. The number of nitrogens with zero attached hydrogens (tertiary/aromatic N) is 6. The first-order valence-electron chi connectivity index (χ1n) is 14.4. The van der Waals surface area contributed by atoms with Crippen LogP contribution in [0.4, 0.5) is 17.2 Å². The minimum absolute atomic E-state index is 0.0324. The highest BCUT2D eigenvalue weighted by Gasteiger charge is 2.20. The van der Waals surface area contributed by atoms with Crippen LogP contribution < -0.4 is 26.4 Å².